The molecule has 1 heterocycles. The van der Waals surface area contributed by atoms with Crippen molar-refractivity contribution in [1.82, 2.24) is 9.97 Å². The van der Waals surface area contributed by atoms with Crippen LogP contribution in [0.5, 0.6) is 0 Å². The molecule has 0 amide bonds. The number of methoxy groups -OCH3 is 1. The molecule has 0 atom stereocenters. The van der Waals surface area contributed by atoms with E-state index in [0.29, 0.717) is 28.0 Å². The lowest BCUT2D eigenvalue weighted by Crippen LogP contribution is -2.00. The van der Waals surface area contributed by atoms with Gasteiger partial charge in [-0.05, 0) is 46.3 Å². The van der Waals surface area contributed by atoms with E-state index in [1.54, 1.807) is 7.11 Å². The third-order valence-electron chi connectivity index (χ3n) is 3.35. The molecule has 1 saturated carbocycles. The van der Waals surface area contributed by atoms with Crippen LogP contribution in [0.1, 0.15) is 30.0 Å². The molecule has 0 spiro atoms. The van der Waals surface area contributed by atoms with E-state index in [1.807, 2.05) is 6.07 Å². The number of halogens is 2. The number of hydrogen-bond acceptors (Lipinski definition) is 3. The van der Waals surface area contributed by atoms with Crippen LogP contribution in [0.4, 0.5) is 0 Å². The van der Waals surface area contributed by atoms with Gasteiger partial charge in [0.2, 0.25) is 0 Å². The monoisotopic (exact) mass is 352 g/mol. The second-order valence-electron chi connectivity index (χ2n) is 4.93. The molecule has 1 aromatic heterocycles. The highest BCUT2D eigenvalue weighted by atomic mass is 79.9. The Morgan fingerprint density at radius 1 is 1.35 bits per heavy atom. The smallest absolute Gasteiger partial charge is 0.161 e. The highest BCUT2D eigenvalue weighted by molar-refractivity contribution is 9.10. The molecule has 0 unspecified atom stereocenters. The number of hydrogen-bond donors (Lipinski definition) is 0. The Morgan fingerprint density at radius 2 is 2.15 bits per heavy atom. The Kier molecular flexibility index (Phi) is 4.06. The van der Waals surface area contributed by atoms with Gasteiger partial charge in [-0.1, -0.05) is 29.8 Å². The van der Waals surface area contributed by atoms with Crippen LogP contribution in [0.3, 0.4) is 0 Å². The Hall–Kier alpha value is -0.970. The van der Waals surface area contributed by atoms with Gasteiger partial charge in [0.15, 0.2) is 5.82 Å². The van der Waals surface area contributed by atoms with E-state index in [1.165, 1.54) is 18.4 Å². The highest BCUT2D eigenvalue weighted by Crippen LogP contribution is 2.41. The molecule has 3 rings (SSSR count). The molecule has 0 N–H and O–H groups in total. The fraction of sp³-hybridized carbons (Fsp3) is 0.333. The van der Waals surface area contributed by atoms with Gasteiger partial charge in [-0.3, -0.25) is 0 Å². The van der Waals surface area contributed by atoms with E-state index in [-0.39, 0.29) is 0 Å². The lowest BCUT2D eigenvalue weighted by Gasteiger charge is -2.08. The van der Waals surface area contributed by atoms with Gasteiger partial charge in [0, 0.05) is 12.7 Å². The minimum Gasteiger partial charge on any atom is -0.378 e. The molecule has 1 aliphatic rings. The van der Waals surface area contributed by atoms with Gasteiger partial charge in [0.05, 0.1) is 16.8 Å². The predicted octanol–water partition coefficient (Wildman–Crippen LogP) is 4.58. The number of rotatable bonds is 4. The minimum absolute atomic E-state index is 0.401. The van der Waals surface area contributed by atoms with Crippen molar-refractivity contribution in [3.8, 4) is 11.4 Å². The second kappa shape index (κ2) is 5.80. The number of aromatic nitrogens is 2. The summed E-state index contributed by atoms with van der Waals surface area (Å²) in [7, 11) is 1.63. The molecule has 3 nitrogen and oxygen atoms in total. The molecule has 5 heteroatoms. The van der Waals surface area contributed by atoms with Crippen molar-refractivity contribution < 1.29 is 4.74 Å². The molecule has 20 heavy (non-hydrogen) atoms. The van der Waals surface area contributed by atoms with E-state index >= 15 is 0 Å². The van der Waals surface area contributed by atoms with Crippen molar-refractivity contribution in [2.75, 3.05) is 7.11 Å². The average Bonchev–Trinajstić information content (AvgIpc) is 3.28. The van der Waals surface area contributed by atoms with Gasteiger partial charge in [0.1, 0.15) is 5.15 Å². The predicted molar refractivity (Wildman–Crippen MR) is 82.9 cm³/mol. The second-order valence-corrected chi connectivity index (χ2v) is 6.08. The molecule has 104 valence electrons. The van der Waals surface area contributed by atoms with Gasteiger partial charge >= 0.3 is 0 Å². The summed E-state index contributed by atoms with van der Waals surface area (Å²) in [5.41, 5.74) is 3.12. The van der Waals surface area contributed by atoms with Crippen molar-refractivity contribution in [1.29, 1.82) is 0 Å². The molecule has 0 saturated heterocycles. The van der Waals surface area contributed by atoms with Gasteiger partial charge in [-0.25, -0.2) is 9.97 Å². The summed E-state index contributed by atoms with van der Waals surface area (Å²) in [6.07, 6.45) is 2.56. The summed E-state index contributed by atoms with van der Waals surface area (Å²) in [5.74, 6) is 1.35. The van der Waals surface area contributed by atoms with E-state index in [4.69, 9.17) is 16.3 Å². The molecular weight excluding hydrogens is 340 g/mol. The van der Waals surface area contributed by atoms with Crippen LogP contribution < -0.4 is 0 Å². The summed E-state index contributed by atoms with van der Waals surface area (Å²) in [5, 5.41) is 0.416. The summed E-state index contributed by atoms with van der Waals surface area (Å²) in [4.78, 5) is 8.91. The van der Waals surface area contributed by atoms with Gasteiger partial charge < -0.3 is 4.74 Å². The minimum atomic E-state index is 0.401. The molecule has 1 fully saturated rings. The maximum absolute atomic E-state index is 6.17. The van der Waals surface area contributed by atoms with Crippen LogP contribution in [0.15, 0.2) is 28.7 Å². The quantitative estimate of drug-likeness (QED) is 0.754. The van der Waals surface area contributed by atoms with E-state index in [0.717, 1.165) is 11.3 Å². The third-order valence-corrected chi connectivity index (χ3v) is 4.69. The summed E-state index contributed by atoms with van der Waals surface area (Å²) >= 11 is 9.56. The zero-order valence-corrected chi connectivity index (χ0v) is 13.4. The molecule has 1 aliphatic carbocycles. The fourth-order valence-electron chi connectivity index (χ4n) is 2.17. The number of ether oxygens (including phenoxy) is 1. The zero-order valence-electron chi connectivity index (χ0n) is 11.1. The van der Waals surface area contributed by atoms with E-state index in [2.05, 4.69) is 44.1 Å². The summed E-state index contributed by atoms with van der Waals surface area (Å²) in [6.45, 7) is 0.401. The fourth-order valence-corrected chi connectivity index (χ4v) is 2.65. The summed E-state index contributed by atoms with van der Waals surface area (Å²) in [6, 6.07) is 8.39. The molecule has 0 radical (unpaired) electrons. The van der Waals surface area contributed by atoms with Crippen LogP contribution in [0.25, 0.3) is 11.4 Å². The van der Waals surface area contributed by atoms with E-state index < -0.39 is 0 Å². The first-order chi connectivity index (χ1) is 9.69. The average molecular weight is 354 g/mol. The largest absolute Gasteiger partial charge is 0.378 e. The van der Waals surface area contributed by atoms with Crippen LogP contribution in [0.2, 0.25) is 5.15 Å². The van der Waals surface area contributed by atoms with Crippen LogP contribution in [-0.4, -0.2) is 17.1 Å². The first-order valence-corrected chi connectivity index (χ1v) is 7.67. The SMILES string of the molecule is COCc1nc(-c2cccc(C3CC3)c2)nc(Cl)c1Br. The number of nitrogens with zero attached hydrogens (tertiary/aromatic N) is 2. The number of benzene rings is 1. The zero-order chi connectivity index (χ0) is 14.1. The van der Waals surface area contributed by atoms with Crippen LogP contribution >= 0.6 is 27.5 Å². The Labute approximate surface area is 131 Å². The van der Waals surface area contributed by atoms with Gasteiger partial charge in [-0.2, -0.15) is 0 Å². The molecule has 2 aromatic rings. The normalized spacial score (nSPS) is 14.6. The maximum atomic E-state index is 6.17. The lowest BCUT2D eigenvalue weighted by atomic mass is 10.1. The van der Waals surface area contributed by atoms with Crippen LogP contribution in [0, 0.1) is 0 Å². The van der Waals surface area contributed by atoms with Crippen molar-refractivity contribution in [3.05, 3.63) is 45.1 Å². The maximum Gasteiger partial charge on any atom is 0.161 e. The summed E-state index contributed by atoms with van der Waals surface area (Å²) < 4.78 is 5.84. The Morgan fingerprint density at radius 3 is 2.85 bits per heavy atom. The molecule has 1 aromatic carbocycles. The van der Waals surface area contributed by atoms with Crippen molar-refractivity contribution in [3.63, 3.8) is 0 Å². The van der Waals surface area contributed by atoms with Crippen molar-refractivity contribution >= 4 is 27.5 Å². The lowest BCUT2D eigenvalue weighted by molar-refractivity contribution is 0.181. The van der Waals surface area contributed by atoms with Crippen LogP contribution in [-0.2, 0) is 11.3 Å². The molecule has 0 bridgehead atoms. The molecular formula is C15H14BrClN2O. The van der Waals surface area contributed by atoms with Gasteiger partial charge in [0.25, 0.3) is 0 Å². The third kappa shape index (κ3) is 2.87. The van der Waals surface area contributed by atoms with Gasteiger partial charge in [-0.15, -0.1) is 0 Å². The Bertz CT molecular complexity index is 644. The topological polar surface area (TPSA) is 35.0 Å². The first-order valence-electron chi connectivity index (χ1n) is 6.50. The van der Waals surface area contributed by atoms with E-state index in [9.17, 15) is 0 Å². The Balaban J connectivity index is 2.02. The van der Waals surface area contributed by atoms with Crippen molar-refractivity contribution in [2.45, 2.75) is 25.4 Å². The first kappa shape index (κ1) is 14.0. The highest BCUT2D eigenvalue weighted by Gasteiger charge is 2.23. The standard InChI is InChI=1S/C15H14BrClN2O/c1-20-8-12-13(16)14(17)19-15(18-12)11-4-2-3-10(7-11)9-5-6-9/h2-4,7,9H,5-6,8H2,1H3. The molecule has 0 aliphatic heterocycles. The van der Waals surface area contributed by atoms with Crippen molar-refractivity contribution in [2.24, 2.45) is 0 Å².